The smallest absolute Gasteiger partial charge is 0.157 e. The van der Waals surface area contributed by atoms with E-state index in [4.69, 9.17) is 19.4 Å². The molecule has 0 radical (unpaired) electrons. The molecule has 0 atom stereocenters. The predicted octanol–water partition coefficient (Wildman–Crippen LogP) is 4.93. The van der Waals surface area contributed by atoms with Crippen LogP contribution in [0.4, 0.5) is 11.5 Å². The minimum atomic E-state index is 0.526. The summed E-state index contributed by atoms with van der Waals surface area (Å²) in [7, 11) is 3.21. The molecule has 4 aromatic rings. The van der Waals surface area contributed by atoms with Crippen LogP contribution in [0.5, 0.6) is 11.5 Å². The highest BCUT2D eigenvalue weighted by atomic mass is 16.5. The number of hydrogen-bond acceptors (Lipinski definition) is 6. The zero-order valence-corrected chi connectivity index (χ0v) is 16.0. The van der Waals surface area contributed by atoms with E-state index >= 15 is 0 Å². The molecule has 0 bridgehead atoms. The Morgan fingerprint density at radius 2 is 1.59 bits per heavy atom. The average Bonchev–Trinajstić information content (AvgIpc) is 2.78. The summed E-state index contributed by atoms with van der Waals surface area (Å²) < 4.78 is 10.8. The van der Waals surface area contributed by atoms with Crippen molar-refractivity contribution >= 4 is 22.5 Å². The molecule has 0 fully saturated rings. The number of ether oxygens (including phenoxy) is 2. The third-order valence-corrected chi connectivity index (χ3v) is 4.53. The molecule has 0 unspecified atom stereocenters. The predicted molar refractivity (Wildman–Crippen MR) is 113 cm³/mol. The van der Waals surface area contributed by atoms with Crippen LogP contribution in [0.25, 0.3) is 22.3 Å². The summed E-state index contributed by atoms with van der Waals surface area (Å²) in [6.07, 6.45) is 0. The van der Waals surface area contributed by atoms with Crippen molar-refractivity contribution in [3.63, 3.8) is 0 Å². The Hall–Kier alpha value is -4.11. The molecule has 0 saturated heterocycles. The molecule has 0 aliphatic carbocycles. The normalized spacial score (nSPS) is 10.4. The van der Waals surface area contributed by atoms with Crippen molar-refractivity contribution in [1.29, 1.82) is 5.26 Å². The van der Waals surface area contributed by atoms with Crippen LogP contribution in [0.15, 0.2) is 66.7 Å². The van der Waals surface area contributed by atoms with E-state index in [-0.39, 0.29) is 0 Å². The summed E-state index contributed by atoms with van der Waals surface area (Å²) in [6.45, 7) is 0. The number of nitrogens with one attached hydrogen (secondary N) is 1. The number of rotatable bonds is 5. The van der Waals surface area contributed by atoms with E-state index in [0.717, 1.165) is 11.0 Å². The SMILES string of the molecule is COc1ccc(OC)c(Nc2nc3ccccc3nc2-c2ccccc2C#N)c1. The number of para-hydroxylation sites is 2. The second-order valence-corrected chi connectivity index (χ2v) is 6.26. The molecule has 1 heterocycles. The molecule has 0 aliphatic rings. The molecule has 6 nitrogen and oxygen atoms in total. The molecule has 1 aromatic heterocycles. The first-order valence-corrected chi connectivity index (χ1v) is 8.99. The van der Waals surface area contributed by atoms with Crippen molar-refractivity contribution in [3.05, 3.63) is 72.3 Å². The molecule has 29 heavy (non-hydrogen) atoms. The van der Waals surface area contributed by atoms with Crippen LogP contribution < -0.4 is 14.8 Å². The van der Waals surface area contributed by atoms with Gasteiger partial charge in [-0.3, -0.25) is 0 Å². The number of benzene rings is 3. The van der Waals surface area contributed by atoms with Gasteiger partial charge in [0.1, 0.15) is 17.2 Å². The van der Waals surface area contributed by atoms with Crippen molar-refractivity contribution < 1.29 is 9.47 Å². The third-order valence-electron chi connectivity index (χ3n) is 4.53. The molecule has 4 rings (SSSR count). The molecule has 0 spiro atoms. The molecule has 3 aromatic carbocycles. The minimum Gasteiger partial charge on any atom is -0.497 e. The van der Waals surface area contributed by atoms with Crippen LogP contribution in [0.2, 0.25) is 0 Å². The zero-order chi connectivity index (χ0) is 20.2. The minimum absolute atomic E-state index is 0.526. The maximum Gasteiger partial charge on any atom is 0.157 e. The van der Waals surface area contributed by atoms with E-state index in [1.54, 1.807) is 20.3 Å². The number of nitriles is 1. The van der Waals surface area contributed by atoms with Gasteiger partial charge in [0.05, 0.1) is 42.6 Å². The van der Waals surface area contributed by atoms with E-state index < -0.39 is 0 Å². The van der Waals surface area contributed by atoms with E-state index in [0.29, 0.717) is 39.8 Å². The summed E-state index contributed by atoms with van der Waals surface area (Å²) in [5.41, 5.74) is 4.00. The lowest BCUT2D eigenvalue weighted by Crippen LogP contribution is -2.02. The fraction of sp³-hybridized carbons (Fsp3) is 0.0870. The van der Waals surface area contributed by atoms with Crippen LogP contribution in [0, 0.1) is 11.3 Å². The van der Waals surface area contributed by atoms with E-state index in [9.17, 15) is 5.26 Å². The number of hydrogen-bond donors (Lipinski definition) is 1. The number of anilines is 2. The Balaban J connectivity index is 1.93. The number of fused-ring (bicyclic) bond motifs is 1. The van der Waals surface area contributed by atoms with Gasteiger partial charge >= 0.3 is 0 Å². The van der Waals surface area contributed by atoms with Gasteiger partial charge < -0.3 is 14.8 Å². The van der Waals surface area contributed by atoms with Crippen molar-refractivity contribution in [2.75, 3.05) is 19.5 Å². The summed E-state index contributed by atoms with van der Waals surface area (Å²) in [4.78, 5) is 9.57. The lowest BCUT2D eigenvalue weighted by Gasteiger charge is -2.15. The summed E-state index contributed by atoms with van der Waals surface area (Å²) >= 11 is 0. The van der Waals surface area contributed by atoms with E-state index in [1.165, 1.54) is 0 Å². The standard InChI is InChI=1S/C23H18N4O2/c1-28-16-11-12-21(29-2)20(13-16)27-23-22(17-8-4-3-7-15(17)14-24)25-18-9-5-6-10-19(18)26-23/h3-13H,1-2H3,(H,26,27). The van der Waals surface area contributed by atoms with Crippen LogP contribution in [0.3, 0.4) is 0 Å². The summed E-state index contributed by atoms with van der Waals surface area (Å²) in [6, 6.07) is 22.7. The largest absolute Gasteiger partial charge is 0.497 e. The van der Waals surface area contributed by atoms with E-state index in [1.807, 2.05) is 60.7 Å². The van der Waals surface area contributed by atoms with Gasteiger partial charge in [0, 0.05) is 11.6 Å². The Morgan fingerprint density at radius 1 is 0.862 bits per heavy atom. The second-order valence-electron chi connectivity index (χ2n) is 6.26. The topological polar surface area (TPSA) is 80.1 Å². The monoisotopic (exact) mass is 382 g/mol. The molecule has 0 saturated carbocycles. The van der Waals surface area contributed by atoms with Crippen molar-refractivity contribution in [1.82, 2.24) is 9.97 Å². The van der Waals surface area contributed by atoms with Gasteiger partial charge in [0.2, 0.25) is 0 Å². The first kappa shape index (κ1) is 18.3. The van der Waals surface area contributed by atoms with Crippen molar-refractivity contribution in [3.8, 4) is 28.8 Å². The lowest BCUT2D eigenvalue weighted by atomic mass is 10.0. The van der Waals surface area contributed by atoms with E-state index in [2.05, 4.69) is 11.4 Å². The highest BCUT2D eigenvalue weighted by Gasteiger charge is 2.16. The van der Waals surface area contributed by atoms with Crippen LogP contribution in [-0.2, 0) is 0 Å². The fourth-order valence-electron chi connectivity index (χ4n) is 3.10. The Labute approximate surface area is 168 Å². The van der Waals surface area contributed by atoms with Gasteiger partial charge in [0.15, 0.2) is 5.82 Å². The quantitative estimate of drug-likeness (QED) is 0.527. The first-order chi connectivity index (χ1) is 14.2. The maximum atomic E-state index is 9.57. The van der Waals surface area contributed by atoms with Gasteiger partial charge in [-0.2, -0.15) is 5.26 Å². The summed E-state index contributed by atoms with van der Waals surface area (Å²) in [5.74, 6) is 1.85. The average molecular weight is 382 g/mol. The number of methoxy groups -OCH3 is 2. The number of aromatic nitrogens is 2. The first-order valence-electron chi connectivity index (χ1n) is 8.99. The van der Waals surface area contributed by atoms with Gasteiger partial charge in [0.25, 0.3) is 0 Å². The zero-order valence-electron chi connectivity index (χ0n) is 16.0. The molecule has 142 valence electrons. The Bertz CT molecular complexity index is 1230. The second kappa shape index (κ2) is 7.87. The molecular formula is C23H18N4O2. The molecule has 0 amide bonds. The number of nitrogens with zero attached hydrogens (tertiary/aromatic N) is 3. The fourth-order valence-corrected chi connectivity index (χ4v) is 3.10. The summed E-state index contributed by atoms with van der Waals surface area (Å²) in [5, 5.41) is 12.9. The maximum absolute atomic E-state index is 9.57. The molecule has 0 aliphatic heterocycles. The Kier molecular flexibility index (Phi) is 4.95. The molecular weight excluding hydrogens is 364 g/mol. The van der Waals surface area contributed by atoms with Crippen molar-refractivity contribution in [2.24, 2.45) is 0 Å². The van der Waals surface area contributed by atoms with Gasteiger partial charge in [-0.1, -0.05) is 30.3 Å². The van der Waals surface area contributed by atoms with Crippen LogP contribution in [0.1, 0.15) is 5.56 Å². The molecule has 1 N–H and O–H groups in total. The third kappa shape index (κ3) is 3.54. The van der Waals surface area contributed by atoms with Gasteiger partial charge in [-0.15, -0.1) is 0 Å². The molecule has 6 heteroatoms. The van der Waals surface area contributed by atoms with Crippen LogP contribution >= 0.6 is 0 Å². The van der Waals surface area contributed by atoms with Crippen LogP contribution in [-0.4, -0.2) is 24.2 Å². The van der Waals surface area contributed by atoms with Gasteiger partial charge in [-0.05, 0) is 30.3 Å². The lowest BCUT2D eigenvalue weighted by molar-refractivity contribution is 0.405. The van der Waals surface area contributed by atoms with Crippen molar-refractivity contribution in [2.45, 2.75) is 0 Å². The Morgan fingerprint density at radius 3 is 2.31 bits per heavy atom. The highest BCUT2D eigenvalue weighted by molar-refractivity contribution is 5.87. The highest BCUT2D eigenvalue weighted by Crippen LogP contribution is 2.35. The van der Waals surface area contributed by atoms with Gasteiger partial charge in [-0.25, -0.2) is 9.97 Å².